The molecule has 0 aliphatic heterocycles. The van der Waals surface area contributed by atoms with Crippen LogP contribution in [0.5, 0.6) is 0 Å². The zero-order valence-electron chi connectivity index (χ0n) is 10.7. The van der Waals surface area contributed by atoms with Crippen LogP contribution in [0, 0.1) is 5.41 Å². The second-order valence-electron chi connectivity index (χ2n) is 5.06. The Morgan fingerprint density at radius 2 is 2.00 bits per heavy atom. The van der Waals surface area contributed by atoms with Crippen LogP contribution in [0.3, 0.4) is 0 Å². The molecule has 18 heavy (non-hydrogen) atoms. The molecule has 1 aromatic rings. The lowest BCUT2D eigenvalue weighted by atomic mass is 9.69. The maximum atomic E-state index is 11.9. The Morgan fingerprint density at radius 1 is 1.28 bits per heavy atom. The number of aryl methyl sites for hydroxylation is 1. The molecule has 3 heteroatoms. The minimum atomic E-state index is -0.354. The number of hydrogen-bond donors (Lipinski definition) is 1. The fraction of sp³-hybridized carbons (Fsp3) is 0.533. The maximum absolute atomic E-state index is 11.9. The normalized spacial score (nSPS) is 16.9. The molecule has 2 N–H and O–H groups in total. The van der Waals surface area contributed by atoms with E-state index in [0.29, 0.717) is 13.2 Å². The van der Waals surface area contributed by atoms with Crippen LogP contribution in [-0.4, -0.2) is 19.1 Å². The van der Waals surface area contributed by atoms with Gasteiger partial charge in [-0.25, -0.2) is 0 Å². The summed E-state index contributed by atoms with van der Waals surface area (Å²) >= 11 is 0. The van der Waals surface area contributed by atoms with Crippen LogP contribution >= 0.6 is 0 Å². The van der Waals surface area contributed by atoms with Crippen LogP contribution in [0.2, 0.25) is 0 Å². The first-order valence-corrected chi connectivity index (χ1v) is 6.68. The third-order valence-corrected chi connectivity index (χ3v) is 3.82. The van der Waals surface area contributed by atoms with E-state index in [1.807, 2.05) is 18.2 Å². The Bertz CT molecular complexity index is 379. The molecule has 0 aromatic heterocycles. The summed E-state index contributed by atoms with van der Waals surface area (Å²) in [6.07, 6.45) is 4.69. The van der Waals surface area contributed by atoms with E-state index in [2.05, 4.69) is 12.1 Å². The molecule has 0 amide bonds. The van der Waals surface area contributed by atoms with Crippen molar-refractivity contribution in [1.29, 1.82) is 0 Å². The second kappa shape index (κ2) is 6.01. The van der Waals surface area contributed by atoms with Crippen molar-refractivity contribution in [1.82, 2.24) is 0 Å². The zero-order chi connectivity index (χ0) is 12.8. The van der Waals surface area contributed by atoms with Gasteiger partial charge in [-0.3, -0.25) is 4.79 Å². The highest BCUT2D eigenvalue weighted by atomic mass is 16.5. The molecular weight excluding hydrogens is 226 g/mol. The minimum absolute atomic E-state index is 0.0932. The van der Waals surface area contributed by atoms with Gasteiger partial charge in [-0.2, -0.15) is 0 Å². The molecule has 0 radical (unpaired) electrons. The van der Waals surface area contributed by atoms with Gasteiger partial charge < -0.3 is 10.5 Å². The highest BCUT2D eigenvalue weighted by Gasteiger charge is 2.44. The number of nitrogens with two attached hydrogens (primary N) is 1. The smallest absolute Gasteiger partial charge is 0.313 e. The standard InChI is InChI=1S/C15H21NO2/c16-12-15(9-5-10-15)14(17)18-11-4-8-13-6-2-1-3-7-13/h1-3,6-7H,4-5,8-12,16H2. The molecule has 2 rings (SSSR count). The average molecular weight is 247 g/mol. The number of carbonyl (C=O) groups is 1. The molecule has 98 valence electrons. The maximum Gasteiger partial charge on any atom is 0.313 e. The molecule has 1 aliphatic carbocycles. The van der Waals surface area contributed by atoms with Gasteiger partial charge in [0, 0.05) is 6.54 Å². The van der Waals surface area contributed by atoms with Gasteiger partial charge >= 0.3 is 5.97 Å². The van der Waals surface area contributed by atoms with Crippen LogP contribution < -0.4 is 5.73 Å². The predicted octanol–water partition coefficient (Wildman–Crippen LogP) is 2.29. The quantitative estimate of drug-likeness (QED) is 0.620. The van der Waals surface area contributed by atoms with Crippen LogP contribution in [0.4, 0.5) is 0 Å². The minimum Gasteiger partial charge on any atom is -0.465 e. The third kappa shape index (κ3) is 2.91. The Morgan fingerprint density at radius 3 is 2.56 bits per heavy atom. The molecule has 1 fully saturated rings. The van der Waals surface area contributed by atoms with Gasteiger partial charge in [-0.15, -0.1) is 0 Å². The molecule has 0 heterocycles. The van der Waals surface area contributed by atoms with E-state index >= 15 is 0 Å². The summed E-state index contributed by atoms with van der Waals surface area (Å²) in [4.78, 5) is 11.9. The van der Waals surface area contributed by atoms with Gasteiger partial charge in [0.15, 0.2) is 0 Å². The summed E-state index contributed by atoms with van der Waals surface area (Å²) in [7, 11) is 0. The highest BCUT2D eigenvalue weighted by Crippen LogP contribution is 2.40. The monoisotopic (exact) mass is 247 g/mol. The third-order valence-electron chi connectivity index (χ3n) is 3.82. The molecule has 1 aliphatic rings. The van der Waals surface area contributed by atoms with Crippen LogP contribution in [0.25, 0.3) is 0 Å². The van der Waals surface area contributed by atoms with E-state index in [-0.39, 0.29) is 11.4 Å². The SMILES string of the molecule is NCC1(C(=O)OCCCc2ccccc2)CCC1. The number of ether oxygens (including phenoxy) is 1. The van der Waals surface area contributed by atoms with Crippen molar-refractivity contribution >= 4 is 5.97 Å². The number of benzene rings is 1. The van der Waals surface area contributed by atoms with Gasteiger partial charge in [-0.05, 0) is 31.2 Å². The van der Waals surface area contributed by atoms with Crippen molar-refractivity contribution in [2.75, 3.05) is 13.2 Å². The first-order chi connectivity index (χ1) is 8.77. The first-order valence-electron chi connectivity index (χ1n) is 6.68. The fourth-order valence-corrected chi connectivity index (χ4v) is 2.33. The molecule has 0 unspecified atom stereocenters. The molecule has 0 bridgehead atoms. The largest absolute Gasteiger partial charge is 0.465 e. The van der Waals surface area contributed by atoms with Crippen molar-refractivity contribution < 1.29 is 9.53 Å². The Hall–Kier alpha value is -1.35. The van der Waals surface area contributed by atoms with Crippen molar-refractivity contribution in [3.63, 3.8) is 0 Å². The molecule has 0 saturated heterocycles. The van der Waals surface area contributed by atoms with Crippen LogP contribution in [0.1, 0.15) is 31.2 Å². The summed E-state index contributed by atoms with van der Waals surface area (Å²) in [5, 5.41) is 0. The lowest BCUT2D eigenvalue weighted by molar-refractivity contribution is -0.160. The summed E-state index contributed by atoms with van der Waals surface area (Å²) in [5.74, 6) is -0.0932. The van der Waals surface area contributed by atoms with E-state index in [4.69, 9.17) is 10.5 Å². The van der Waals surface area contributed by atoms with Crippen LogP contribution in [0.15, 0.2) is 30.3 Å². The zero-order valence-corrected chi connectivity index (χ0v) is 10.7. The molecule has 0 spiro atoms. The van der Waals surface area contributed by atoms with Gasteiger partial charge in [0.1, 0.15) is 0 Å². The van der Waals surface area contributed by atoms with E-state index in [0.717, 1.165) is 32.1 Å². The van der Waals surface area contributed by atoms with E-state index < -0.39 is 0 Å². The number of rotatable bonds is 6. The topological polar surface area (TPSA) is 52.3 Å². The second-order valence-corrected chi connectivity index (χ2v) is 5.06. The summed E-state index contributed by atoms with van der Waals surface area (Å²) in [6.45, 7) is 0.917. The van der Waals surface area contributed by atoms with Crippen molar-refractivity contribution in [3.05, 3.63) is 35.9 Å². The summed E-state index contributed by atoms with van der Waals surface area (Å²) in [5.41, 5.74) is 6.59. The number of hydrogen-bond acceptors (Lipinski definition) is 3. The predicted molar refractivity (Wildman–Crippen MR) is 71.1 cm³/mol. The molecular formula is C15H21NO2. The van der Waals surface area contributed by atoms with Gasteiger partial charge in [0.25, 0.3) is 0 Å². The Balaban J connectivity index is 1.68. The summed E-state index contributed by atoms with van der Waals surface area (Å²) < 4.78 is 5.34. The number of carbonyl (C=O) groups excluding carboxylic acids is 1. The first kappa shape index (κ1) is 13.1. The van der Waals surface area contributed by atoms with Crippen LogP contribution in [-0.2, 0) is 16.0 Å². The lowest BCUT2D eigenvalue weighted by Crippen LogP contribution is -2.45. The average Bonchev–Trinajstić information content (AvgIpc) is 2.35. The Kier molecular flexibility index (Phi) is 4.37. The van der Waals surface area contributed by atoms with E-state index in [9.17, 15) is 4.79 Å². The van der Waals surface area contributed by atoms with E-state index in [1.54, 1.807) is 0 Å². The van der Waals surface area contributed by atoms with Gasteiger partial charge in [0.2, 0.25) is 0 Å². The molecule has 1 saturated carbocycles. The van der Waals surface area contributed by atoms with Crippen molar-refractivity contribution in [2.24, 2.45) is 11.1 Å². The van der Waals surface area contributed by atoms with E-state index in [1.165, 1.54) is 5.56 Å². The lowest BCUT2D eigenvalue weighted by Gasteiger charge is -2.37. The number of esters is 1. The summed E-state index contributed by atoms with van der Waals surface area (Å²) in [6, 6.07) is 10.2. The highest BCUT2D eigenvalue weighted by molar-refractivity contribution is 5.78. The van der Waals surface area contributed by atoms with Crippen molar-refractivity contribution in [2.45, 2.75) is 32.1 Å². The fourth-order valence-electron chi connectivity index (χ4n) is 2.33. The molecule has 1 aromatic carbocycles. The van der Waals surface area contributed by atoms with Gasteiger partial charge in [0.05, 0.1) is 12.0 Å². The van der Waals surface area contributed by atoms with Gasteiger partial charge in [-0.1, -0.05) is 36.8 Å². The van der Waals surface area contributed by atoms with Crippen molar-refractivity contribution in [3.8, 4) is 0 Å². The molecule has 3 nitrogen and oxygen atoms in total. The molecule has 0 atom stereocenters. The Labute approximate surface area is 108 Å².